The fraction of sp³-hybridized carbons (Fsp3) is 0.400. The van der Waals surface area contributed by atoms with Gasteiger partial charge in [0.25, 0.3) is 0 Å². The molecule has 7 nitrogen and oxygen atoms in total. The smallest absolute Gasteiger partial charge is 0.249 e. The lowest BCUT2D eigenvalue weighted by Gasteiger charge is -2.21. The Balaban J connectivity index is 2.24. The predicted molar refractivity (Wildman–Crippen MR) is 80.9 cm³/mol. The van der Waals surface area contributed by atoms with Gasteiger partial charge in [0.15, 0.2) is 5.82 Å². The zero-order valence-corrected chi connectivity index (χ0v) is 12.9. The Hall–Kier alpha value is -2.75. The molecule has 0 bridgehead atoms. The van der Waals surface area contributed by atoms with Crippen molar-refractivity contribution in [2.24, 2.45) is 0 Å². The first-order valence-corrected chi connectivity index (χ1v) is 6.92. The quantitative estimate of drug-likeness (QED) is 0.799. The molecule has 0 unspecified atom stereocenters. The number of rotatable bonds is 4. The first-order chi connectivity index (χ1) is 10.4. The number of para-hydroxylation sites is 1. The topological polar surface area (TPSA) is 87.7 Å². The minimum atomic E-state index is -0.267. The summed E-state index contributed by atoms with van der Waals surface area (Å²) in [6, 6.07) is 11.1. The lowest BCUT2D eigenvalue weighted by atomic mass is 9.96. The van der Waals surface area contributed by atoms with E-state index in [-0.39, 0.29) is 24.4 Å². The Morgan fingerprint density at radius 3 is 2.59 bits per heavy atom. The Morgan fingerprint density at radius 1 is 1.32 bits per heavy atom. The summed E-state index contributed by atoms with van der Waals surface area (Å²) in [6.45, 7) is 5.91. The second-order valence-corrected chi connectivity index (χ2v) is 5.88. The van der Waals surface area contributed by atoms with Crippen LogP contribution in [0, 0.1) is 11.3 Å². The van der Waals surface area contributed by atoms with Crippen molar-refractivity contribution in [3.05, 3.63) is 36.2 Å². The minimum Gasteiger partial charge on any atom is -0.297 e. The number of benzene rings is 1. The predicted octanol–water partition coefficient (Wildman–Crippen LogP) is 1.53. The Kier molecular flexibility index (Phi) is 4.51. The third-order valence-electron chi connectivity index (χ3n) is 3.09. The minimum absolute atomic E-state index is 0.00379. The van der Waals surface area contributed by atoms with Crippen molar-refractivity contribution in [2.45, 2.75) is 32.7 Å². The molecule has 1 amide bonds. The highest BCUT2D eigenvalue weighted by Crippen LogP contribution is 2.19. The maximum Gasteiger partial charge on any atom is 0.249 e. The van der Waals surface area contributed by atoms with Gasteiger partial charge in [0, 0.05) is 11.1 Å². The van der Waals surface area contributed by atoms with Crippen LogP contribution in [0.3, 0.4) is 0 Å². The van der Waals surface area contributed by atoms with Gasteiger partial charge in [0.2, 0.25) is 5.91 Å². The van der Waals surface area contributed by atoms with Crippen molar-refractivity contribution in [2.75, 3.05) is 11.4 Å². The number of hydrogen-bond donors (Lipinski definition) is 0. The first-order valence-electron chi connectivity index (χ1n) is 6.92. The largest absolute Gasteiger partial charge is 0.297 e. The molecule has 0 saturated heterocycles. The molecule has 0 radical (unpaired) electrons. The van der Waals surface area contributed by atoms with E-state index in [1.54, 1.807) is 12.1 Å². The highest BCUT2D eigenvalue weighted by Gasteiger charge is 2.24. The molecule has 1 aromatic carbocycles. The summed E-state index contributed by atoms with van der Waals surface area (Å²) in [5.41, 5.74) is 0.413. The number of tetrazole rings is 1. The van der Waals surface area contributed by atoms with Crippen LogP contribution in [0.4, 0.5) is 5.69 Å². The summed E-state index contributed by atoms with van der Waals surface area (Å²) in [5.74, 6) is 0.399. The van der Waals surface area contributed by atoms with Gasteiger partial charge in [-0.05, 0) is 22.6 Å². The maximum atomic E-state index is 12.5. The molecule has 2 aromatic rings. The van der Waals surface area contributed by atoms with Gasteiger partial charge < -0.3 is 0 Å². The zero-order valence-electron chi connectivity index (χ0n) is 12.9. The third-order valence-corrected chi connectivity index (χ3v) is 3.09. The number of nitrogens with zero attached hydrogens (tertiary/aromatic N) is 6. The van der Waals surface area contributed by atoms with Crippen molar-refractivity contribution >= 4 is 11.6 Å². The van der Waals surface area contributed by atoms with Gasteiger partial charge >= 0.3 is 0 Å². The Bertz CT molecular complexity index is 680. The molecule has 0 spiro atoms. The van der Waals surface area contributed by atoms with Gasteiger partial charge in [-0.2, -0.15) is 5.26 Å². The first kappa shape index (κ1) is 15.6. The summed E-state index contributed by atoms with van der Waals surface area (Å²) in [5, 5.41) is 20.5. The van der Waals surface area contributed by atoms with E-state index < -0.39 is 0 Å². The normalized spacial score (nSPS) is 11.0. The fourth-order valence-electron chi connectivity index (χ4n) is 2.06. The summed E-state index contributed by atoms with van der Waals surface area (Å²) < 4.78 is 1.48. The van der Waals surface area contributed by atoms with Gasteiger partial charge in [-0.1, -0.05) is 39.0 Å². The fourth-order valence-corrected chi connectivity index (χ4v) is 2.06. The standard InChI is InChI=1S/C15H18N6O/c1-15(2,3)14-17-18-19-21(14)11-13(22)20(10-9-16)12-7-5-4-6-8-12/h4-8H,10-11H2,1-3H3. The Morgan fingerprint density at radius 2 is 2.00 bits per heavy atom. The molecular weight excluding hydrogens is 280 g/mol. The monoisotopic (exact) mass is 298 g/mol. The average molecular weight is 298 g/mol. The molecule has 0 fully saturated rings. The van der Waals surface area contributed by atoms with E-state index >= 15 is 0 Å². The van der Waals surface area contributed by atoms with Crippen LogP contribution in [0.25, 0.3) is 0 Å². The summed E-state index contributed by atoms with van der Waals surface area (Å²) in [6.07, 6.45) is 0. The molecule has 0 aliphatic heterocycles. The van der Waals surface area contributed by atoms with Crippen LogP contribution in [-0.2, 0) is 16.8 Å². The van der Waals surface area contributed by atoms with Crippen LogP contribution >= 0.6 is 0 Å². The zero-order chi connectivity index (χ0) is 16.2. The lowest BCUT2D eigenvalue weighted by Crippen LogP contribution is -2.35. The van der Waals surface area contributed by atoms with E-state index in [1.807, 2.05) is 45.0 Å². The van der Waals surface area contributed by atoms with Crippen LogP contribution < -0.4 is 4.90 Å². The molecule has 22 heavy (non-hydrogen) atoms. The summed E-state index contributed by atoms with van der Waals surface area (Å²) >= 11 is 0. The second kappa shape index (κ2) is 6.35. The number of carbonyl (C=O) groups excluding carboxylic acids is 1. The highest BCUT2D eigenvalue weighted by atomic mass is 16.2. The van der Waals surface area contributed by atoms with Crippen molar-refractivity contribution in [3.63, 3.8) is 0 Å². The van der Waals surface area contributed by atoms with Crippen molar-refractivity contribution < 1.29 is 4.79 Å². The van der Waals surface area contributed by atoms with Gasteiger partial charge in [-0.15, -0.1) is 5.10 Å². The van der Waals surface area contributed by atoms with Gasteiger partial charge in [-0.25, -0.2) is 4.68 Å². The number of nitriles is 1. The lowest BCUT2D eigenvalue weighted by molar-refractivity contribution is -0.119. The van der Waals surface area contributed by atoms with E-state index in [2.05, 4.69) is 15.5 Å². The van der Waals surface area contributed by atoms with Crippen molar-refractivity contribution in [1.29, 1.82) is 5.26 Å². The molecule has 0 N–H and O–H groups in total. The molecule has 7 heteroatoms. The van der Waals surface area contributed by atoms with Gasteiger partial charge in [0.05, 0.1) is 6.07 Å². The highest BCUT2D eigenvalue weighted by molar-refractivity contribution is 5.93. The molecule has 114 valence electrons. The van der Waals surface area contributed by atoms with E-state index in [0.29, 0.717) is 11.5 Å². The molecule has 1 aromatic heterocycles. The van der Waals surface area contributed by atoms with Crippen LogP contribution in [0.1, 0.15) is 26.6 Å². The molecule has 2 rings (SSSR count). The van der Waals surface area contributed by atoms with E-state index in [0.717, 1.165) is 0 Å². The number of carbonyl (C=O) groups is 1. The molecule has 0 atom stereocenters. The van der Waals surface area contributed by atoms with Gasteiger partial charge in [0.1, 0.15) is 13.1 Å². The molecular formula is C15H18N6O. The summed E-state index contributed by atoms with van der Waals surface area (Å²) in [4.78, 5) is 14.0. The second-order valence-electron chi connectivity index (χ2n) is 5.88. The van der Waals surface area contributed by atoms with Crippen LogP contribution in [0.15, 0.2) is 30.3 Å². The third kappa shape index (κ3) is 3.47. The SMILES string of the molecule is CC(C)(C)c1nnnn1CC(=O)N(CC#N)c1ccccc1. The van der Waals surface area contributed by atoms with Gasteiger partial charge in [-0.3, -0.25) is 9.69 Å². The number of aromatic nitrogens is 4. The van der Waals surface area contributed by atoms with Crippen LogP contribution in [0.2, 0.25) is 0 Å². The summed E-state index contributed by atoms with van der Waals surface area (Å²) in [7, 11) is 0. The molecule has 1 heterocycles. The Labute approximate surface area is 129 Å². The van der Waals surface area contributed by atoms with Crippen LogP contribution in [-0.4, -0.2) is 32.7 Å². The molecule has 0 aliphatic rings. The van der Waals surface area contributed by atoms with E-state index in [4.69, 9.17) is 5.26 Å². The van der Waals surface area contributed by atoms with Crippen molar-refractivity contribution in [3.8, 4) is 6.07 Å². The van der Waals surface area contributed by atoms with Crippen LogP contribution in [0.5, 0.6) is 0 Å². The molecule has 0 saturated carbocycles. The van der Waals surface area contributed by atoms with Crippen molar-refractivity contribution in [1.82, 2.24) is 20.2 Å². The average Bonchev–Trinajstić information content (AvgIpc) is 2.93. The number of amides is 1. The number of hydrogen-bond acceptors (Lipinski definition) is 5. The number of anilines is 1. The van der Waals surface area contributed by atoms with E-state index in [1.165, 1.54) is 9.58 Å². The molecule has 0 aliphatic carbocycles. The van der Waals surface area contributed by atoms with E-state index in [9.17, 15) is 4.79 Å². The maximum absolute atomic E-state index is 12.5.